The van der Waals surface area contributed by atoms with Crippen LogP contribution in [0, 0.1) is 0 Å². The third-order valence-corrected chi connectivity index (χ3v) is 7.18. The van der Waals surface area contributed by atoms with Crippen molar-refractivity contribution in [2.45, 2.75) is 96.6 Å². The summed E-state index contributed by atoms with van der Waals surface area (Å²) < 4.78 is 12.1. The summed E-state index contributed by atoms with van der Waals surface area (Å²) in [7, 11) is 0. The van der Waals surface area contributed by atoms with E-state index in [0.29, 0.717) is 18.8 Å². The molecule has 1 N–H and O–H groups in total. The van der Waals surface area contributed by atoms with E-state index in [1.54, 1.807) is 0 Å². The van der Waals surface area contributed by atoms with Crippen molar-refractivity contribution >= 4 is 11.7 Å². The fourth-order valence-corrected chi connectivity index (χ4v) is 5.81. The first kappa shape index (κ1) is 22.3. The van der Waals surface area contributed by atoms with Crippen molar-refractivity contribution in [2.24, 2.45) is 0 Å². The molecule has 3 aliphatic heterocycles. The van der Waals surface area contributed by atoms with Gasteiger partial charge in [-0.3, -0.25) is 4.79 Å². The number of carbonyl (C=O) groups is 1. The highest BCUT2D eigenvalue weighted by molar-refractivity contribution is 5.71. The maximum absolute atomic E-state index is 11.9. The number of esters is 1. The molecule has 1 saturated heterocycles. The van der Waals surface area contributed by atoms with Gasteiger partial charge < -0.3 is 19.5 Å². The van der Waals surface area contributed by atoms with Gasteiger partial charge >= 0.3 is 5.97 Å². The minimum atomic E-state index is -0.601. The number of cyclic esters (lactones) is 1. The maximum Gasteiger partial charge on any atom is 0.308 e. The van der Waals surface area contributed by atoms with Crippen molar-refractivity contribution in [1.29, 1.82) is 0 Å². The van der Waals surface area contributed by atoms with Crippen molar-refractivity contribution in [3.63, 3.8) is 0 Å². The molecule has 2 atom stereocenters. The number of rotatable bonds is 5. The molecule has 176 valence electrons. The molecule has 3 aliphatic rings. The van der Waals surface area contributed by atoms with Crippen LogP contribution in [0.3, 0.4) is 0 Å². The molecule has 0 bridgehead atoms. The lowest BCUT2D eigenvalue weighted by molar-refractivity contribution is -0.160. The van der Waals surface area contributed by atoms with Gasteiger partial charge in [0.05, 0.1) is 12.5 Å². The van der Waals surface area contributed by atoms with Gasteiger partial charge in [0.1, 0.15) is 17.5 Å². The van der Waals surface area contributed by atoms with Crippen LogP contribution in [0.4, 0.5) is 5.69 Å². The van der Waals surface area contributed by atoms with Gasteiger partial charge in [-0.1, -0.05) is 38.1 Å². The van der Waals surface area contributed by atoms with E-state index in [0.717, 1.165) is 31.7 Å². The van der Waals surface area contributed by atoms with Gasteiger partial charge in [0.2, 0.25) is 0 Å². The first-order valence-electron chi connectivity index (χ1n) is 12.3. The molecule has 0 aliphatic carbocycles. The summed E-state index contributed by atoms with van der Waals surface area (Å²) in [5.41, 5.74) is 7.72. The number of hydrogen-bond donors (Lipinski definition) is 1. The summed E-state index contributed by atoms with van der Waals surface area (Å²) in [4.78, 5) is 14.4. The summed E-state index contributed by atoms with van der Waals surface area (Å²) in [5, 5.41) is 10.1. The molecule has 3 heterocycles. The molecule has 1 fully saturated rings. The van der Waals surface area contributed by atoms with Gasteiger partial charge in [0, 0.05) is 42.7 Å². The average molecular weight is 450 g/mol. The van der Waals surface area contributed by atoms with E-state index in [9.17, 15) is 9.90 Å². The molecule has 2 aromatic rings. The van der Waals surface area contributed by atoms with E-state index in [1.165, 1.54) is 33.5 Å². The Hall–Kier alpha value is -2.53. The molecule has 5 nitrogen and oxygen atoms in total. The highest BCUT2D eigenvalue weighted by Crippen LogP contribution is 2.47. The maximum atomic E-state index is 11.9. The van der Waals surface area contributed by atoms with Crippen LogP contribution in [0.2, 0.25) is 0 Å². The summed E-state index contributed by atoms with van der Waals surface area (Å²) in [6, 6.07) is 11.1. The predicted octanol–water partition coefficient (Wildman–Crippen LogP) is 5.04. The second kappa shape index (κ2) is 8.35. The summed E-state index contributed by atoms with van der Waals surface area (Å²) in [5.74, 6) is 1.05. The minimum absolute atomic E-state index is 0.103. The topological polar surface area (TPSA) is 59.0 Å². The molecule has 2 aromatic carbocycles. The Bertz CT molecular complexity index is 1050. The third-order valence-electron chi connectivity index (χ3n) is 7.18. The molecule has 33 heavy (non-hydrogen) atoms. The summed E-state index contributed by atoms with van der Waals surface area (Å²) >= 11 is 0. The van der Waals surface area contributed by atoms with Crippen LogP contribution < -0.4 is 9.64 Å². The zero-order valence-corrected chi connectivity index (χ0v) is 20.2. The lowest BCUT2D eigenvalue weighted by Gasteiger charge is -2.29. The number of fused-ring (bicyclic) bond motifs is 2. The standard InChI is InChI=1S/C28H35NO4/c1-17(2)26-23(10-9-22-12-21(30)13-25(31)32-22)27-20(14-28(3,4)33-27)11-24(26)29-15-18-7-5-6-8-19(18)16-29/h5-8,11,17,21-22,30H,9-10,12-16H2,1-4H3. The third kappa shape index (κ3) is 4.35. The van der Waals surface area contributed by atoms with Crippen LogP contribution >= 0.6 is 0 Å². The Labute approximate surface area is 196 Å². The Morgan fingerprint density at radius 3 is 2.48 bits per heavy atom. The van der Waals surface area contributed by atoms with Crippen LogP contribution in [0.1, 0.15) is 80.7 Å². The van der Waals surface area contributed by atoms with Crippen LogP contribution in [-0.4, -0.2) is 28.9 Å². The lowest BCUT2D eigenvalue weighted by Crippen LogP contribution is -2.33. The van der Waals surface area contributed by atoms with Crippen LogP contribution in [0.25, 0.3) is 0 Å². The summed E-state index contributed by atoms with van der Waals surface area (Å²) in [6.45, 7) is 10.6. The molecule has 5 rings (SSSR count). The van der Waals surface area contributed by atoms with Gasteiger partial charge in [-0.15, -0.1) is 0 Å². The fourth-order valence-electron chi connectivity index (χ4n) is 5.81. The fraction of sp³-hybridized carbons (Fsp3) is 0.536. The van der Waals surface area contributed by atoms with E-state index >= 15 is 0 Å². The average Bonchev–Trinajstić information content (AvgIpc) is 3.29. The number of nitrogens with zero attached hydrogens (tertiary/aromatic N) is 1. The first-order chi connectivity index (χ1) is 15.7. The van der Waals surface area contributed by atoms with Gasteiger partial charge in [-0.2, -0.15) is 0 Å². The molecule has 0 spiro atoms. The molecular weight excluding hydrogens is 414 g/mol. The van der Waals surface area contributed by atoms with Gasteiger partial charge in [0.25, 0.3) is 0 Å². The highest BCUT2D eigenvalue weighted by atomic mass is 16.5. The SMILES string of the molecule is CC(C)c1c(N2Cc3ccccc3C2)cc2c(c1CCC1CC(O)CC(=O)O1)OC(C)(C)C2. The number of hydrogen-bond acceptors (Lipinski definition) is 5. The van der Waals surface area contributed by atoms with Crippen molar-refractivity contribution < 1.29 is 19.4 Å². The highest BCUT2D eigenvalue weighted by Gasteiger charge is 2.36. The number of benzene rings is 2. The molecule has 5 heteroatoms. The van der Waals surface area contributed by atoms with E-state index in [4.69, 9.17) is 9.47 Å². The zero-order valence-electron chi connectivity index (χ0n) is 20.2. The quantitative estimate of drug-likeness (QED) is 0.648. The zero-order chi connectivity index (χ0) is 23.3. The largest absolute Gasteiger partial charge is 0.487 e. The Balaban J connectivity index is 1.52. The molecular formula is C28H35NO4. The van der Waals surface area contributed by atoms with Crippen molar-refractivity contribution in [3.05, 3.63) is 58.1 Å². The summed E-state index contributed by atoms with van der Waals surface area (Å²) in [6.07, 6.45) is 2.12. The molecule has 0 saturated carbocycles. The molecule has 0 radical (unpaired) electrons. The van der Waals surface area contributed by atoms with E-state index in [-0.39, 0.29) is 24.1 Å². The second-order valence-electron chi connectivity index (χ2n) is 10.8. The Kier molecular flexibility index (Phi) is 5.64. The van der Waals surface area contributed by atoms with Gasteiger partial charge in [-0.05, 0) is 55.4 Å². The molecule has 0 amide bonds. The Morgan fingerprint density at radius 2 is 1.85 bits per heavy atom. The smallest absolute Gasteiger partial charge is 0.308 e. The number of anilines is 1. The van der Waals surface area contributed by atoms with Crippen molar-refractivity contribution in [1.82, 2.24) is 0 Å². The van der Waals surface area contributed by atoms with E-state index < -0.39 is 6.10 Å². The lowest BCUT2D eigenvalue weighted by atomic mass is 9.87. The molecule has 0 aromatic heterocycles. The van der Waals surface area contributed by atoms with E-state index in [2.05, 4.69) is 62.9 Å². The molecule has 2 unspecified atom stereocenters. The minimum Gasteiger partial charge on any atom is -0.487 e. The number of carbonyl (C=O) groups excluding carboxylic acids is 1. The normalized spacial score (nSPS) is 23.3. The monoisotopic (exact) mass is 449 g/mol. The Morgan fingerprint density at radius 1 is 1.15 bits per heavy atom. The van der Waals surface area contributed by atoms with E-state index in [1.807, 2.05) is 0 Å². The van der Waals surface area contributed by atoms with Crippen molar-refractivity contribution in [2.75, 3.05) is 4.90 Å². The number of aliphatic hydroxyl groups excluding tert-OH is 1. The number of ether oxygens (including phenoxy) is 2. The first-order valence-corrected chi connectivity index (χ1v) is 12.3. The van der Waals surface area contributed by atoms with Crippen molar-refractivity contribution in [3.8, 4) is 5.75 Å². The second-order valence-corrected chi connectivity index (χ2v) is 10.8. The van der Waals surface area contributed by atoms with Gasteiger partial charge in [-0.25, -0.2) is 0 Å². The van der Waals surface area contributed by atoms with Crippen LogP contribution in [-0.2, 0) is 35.5 Å². The van der Waals surface area contributed by atoms with Crippen LogP contribution in [0.5, 0.6) is 5.75 Å². The van der Waals surface area contributed by atoms with Gasteiger partial charge in [0.15, 0.2) is 0 Å². The predicted molar refractivity (Wildman–Crippen MR) is 129 cm³/mol. The van der Waals surface area contributed by atoms with Crippen LogP contribution in [0.15, 0.2) is 30.3 Å². The number of aliphatic hydroxyl groups is 1.